The van der Waals surface area contributed by atoms with E-state index in [9.17, 15) is 27.1 Å². The van der Waals surface area contributed by atoms with Crippen molar-refractivity contribution in [3.05, 3.63) is 29.8 Å². The number of piperidine rings is 1. The van der Waals surface area contributed by atoms with Gasteiger partial charge in [-0.2, -0.15) is 4.31 Å². The van der Waals surface area contributed by atoms with Crippen molar-refractivity contribution in [3.8, 4) is 0 Å². The number of benzene rings is 1. The Morgan fingerprint density at radius 2 is 2.05 bits per heavy atom. The van der Waals surface area contributed by atoms with Gasteiger partial charge in [0.05, 0.1) is 0 Å². The van der Waals surface area contributed by atoms with E-state index in [2.05, 4.69) is 0 Å². The van der Waals surface area contributed by atoms with Crippen LogP contribution in [-0.2, 0) is 14.8 Å². The van der Waals surface area contributed by atoms with Crippen molar-refractivity contribution in [1.29, 1.82) is 0 Å². The van der Waals surface area contributed by atoms with E-state index in [4.69, 9.17) is 0 Å². The molecule has 1 aliphatic heterocycles. The van der Waals surface area contributed by atoms with Crippen LogP contribution in [0.2, 0.25) is 0 Å². The Hall–Kier alpha value is -1.54. The summed E-state index contributed by atoms with van der Waals surface area (Å²) in [5.74, 6) is -3.77. The van der Waals surface area contributed by atoms with Crippen LogP contribution >= 0.6 is 0 Å². The average Bonchev–Trinajstić information content (AvgIpc) is 2.37. The van der Waals surface area contributed by atoms with Crippen molar-refractivity contribution in [2.24, 2.45) is 5.92 Å². The Kier molecular flexibility index (Phi) is 4.29. The minimum atomic E-state index is -4.33. The molecule has 0 saturated carbocycles. The highest BCUT2D eigenvalue weighted by atomic mass is 32.2. The Balaban J connectivity index is 2.48. The number of hydrogen-bond donors (Lipinski definition) is 1. The highest BCUT2D eigenvalue weighted by Crippen LogP contribution is 2.30. The number of carbonyl (C=O) groups is 1. The summed E-state index contributed by atoms with van der Waals surface area (Å²) in [7, 11) is -4.33. The van der Waals surface area contributed by atoms with E-state index >= 15 is 0 Å². The topological polar surface area (TPSA) is 74.7 Å². The lowest BCUT2D eigenvalue weighted by molar-refractivity contribution is -0.144. The molecule has 1 fully saturated rings. The monoisotopic (exact) mass is 319 g/mol. The van der Waals surface area contributed by atoms with E-state index in [0.717, 1.165) is 16.4 Å². The predicted octanol–water partition coefficient (Wildman–Crippen LogP) is 1.84. The van der Waals surface area contributed by atoms with Gasteiger partial charge in [0.15, 0.2) is 0 Å². The van der Waals surface area contributed by atoms with Gasteiger partial charge in [0.25, 0.3) is 0 Å². The van der Waals surface area contributed by atoms with E-state index in [1.54, 1.807) is 6.92 Å². The molecular formula is C13H15F2NO4S. The van der Waals surface area contributed by atoms with Crippen molar-refractivity contribution in [1.82, 2.24) is 4.31 Å². The van der Waals surface area contributed by atoms with Crippen LogP contribution in [0.5, 0.6) is 0 Å². The SMILES string of the molecule is CC1CCCN(S(=O)(=O)c2ccc(F)cc2F)C1C(=O)O. The van der Waals surface area contributed by atoms with Gasteiger partial charge in [-0.05, 0) is 30.9 Å². The van der Waals surface area contributed by atoms with Crippen molar-refractivity contribution in [2.45, 2.75) is 30.7 Å². The zero-order valence-corrected chi connectivity index (χ0v) is 12.1. The summed E-state index contributed by atoms with van der Waals surface area (Å²) in [6.45, 7) is 1.64. The minimum absolute atomic E-state index is 0.000453. The predicted molar refractivity (Wildman–Crippen MR) is 70.1 cm³/mol. The number of aliphatic carboxylic acids is 1. The van der Waals surface area contributed by atoms with Gasteiger partial charge in [0.2, 0.25) is 10.0 Å². The normalized spacial score (nSPS) is 24.0. The molecule has 0 aliphatic carbocycles. The molecular weight excluding hydrogens is 304 g/mol. The lowest BCUT2D eigenvalue weighted by Gasteiger charge is -2.36. The molecule has 1 saturated heterocycles. The molecule has 0 spiro atoms. The zero-order chi connectivity index (χ0) is 15.8. The molecule has 5 nitrogen and oxygen atoms in total. The number of nitrogens with zero attached hydrogens (tertiary/aromatic N) is 1. The number of carboxylic acids is 1. The van der Waals surface area contributed by atoms with Crippen molar-refractivity contribution >= 4 is 16.0 Å². The van der Waals surface area contributed by atoms with Gasteiger partial charge >= 0.3 is 5.97 Å². The highest BCUT2D eigenvalue weighted by Gasteiger charge is 2.42. The lowest BCUT2D eigenvalue weighted by atomic mass is 9.93. The first-order valence-electron chi connectivity index (χ1n) is 6.45. The second kappa shape index (κ2) is 5.69. The van der Waals surface area contributed by atoms with Crippen molar-refractivity contribution in [3.63, 3.8) is 0 Å². The molecule has 2 rings (SSSR count). The summed E-state index contributed by atoms with van der Waals surface area (Å²) in [5, 5.41) is 9.24. The summed E-state index contributed by atoms with van der Waals surface area (Å²) in [6.07, 6.45) is 1.07. The molecule has 0 bridgehead atoms. The number of halogens is 2. The zero-order valence-electron chi connectivity index (χ0n) is 11.3. The first kappa shape index (κ1) is 15.8. The third kappa shape index (κ3) is 2.91. The first-order chi connectivity index (χ1) is 9.75. The molecule has 8 heteroatoms. The molecule has 1 aromatic rings. The Morgan fingerprint density at radius 3 is 2.62 bits per heavy atom. The molecule has 116 valence electrons. The van der Waals surface area contributed by atoms with Gasteiger partial charge in [-0.25, -0.2) is 17.2 Å². The average molecular weight is 319 g/mol. The fourth-order valence-corrected chi connectivity index (χ4v) is 4.36. The number of hydrogen-bond acceptors (Lipinski definition) is 3. The summed E-state index contributed by atoms with van der Waals surface area (Å²) in [6, 6.07) is 0.876. The van der Waals surface area contributed by atoms with Gasteiger partial charge in [-0.15, -0.1) is 0 Å². The second-order valence-corrected chi connectivity index (χ2v) is 6.95. The van der Waals surface area contributed by atoms with Gasteiger partial charge < -0.3 is 5.11 Å². The molecule has 1 aromatic carbocycles. The molecule has 0 aromatic heterocycles. The molecule has 2 unspecified atom stereocenters. The molecule has 0 amide bonds. The first-order valence-corrected chi connectivity index (χ1v) is 7.89. The summed E-state index contributed by atoms with van der Waals surface area (Å²) in [5.41, 5.74) is 0. The van der Waals surface area contributed by atoms with E-state index in [0.29, 0.717) is 18.9 Å². The maximum absolute atomic E-state index is 13.7. The van der Waals surface area contributed by atoms with Crippen LogP contribution in [0, 0.1) is 17.6 Å². The number of sulfonamides is 1. The molecule has 0 radical (unpaired) electrons. The Bertz CT molecular complexity index is 662. The Labute approximate surface area is 121 Å². The van der Waals surface area contributed by atoms with Gasteiger partial charge in [-0.1, -0.05) is 6.92 Å². The third-order valence-electron chi connectivity index (χ3n) is 3.62. The number of rotatable bonds is 3. The van der Waals surface area contributed by atoms with E-state index in [-0.39, 0.29) is 12.5 Å². The lowest BCUT2D eigenvalue weighted by Crippen LogP contribution is -2.51. The Morgan fingerprint density at radius 1 is 1.38 bits per heavy atom. The molecule has 21 heavy (non-hydrogen) atoms. The summed E-state index contributed by atoms with van der Waals surface area (Å²) in [4.78, 5) is 10.6. The maximum atomic E-state index is 13.7. The highest BCUT2D eigenvalue weighted by molar-refractivity contribution is 7.89. The van der Waals surface area contributed by atoms with Crippen LogP contribution in [-0.4, -0.2) is 36.4 Å². The van der Waals surface area contributed by atoms with Crippen LogP contribution in [0.25, 0.3) is 0 Å². The fourth-order valence-electron chi connectivity index (χ4n) is 2.60. The quantitative estimate of drug-likeness (QED) is 0.922. The van der Waals surface area contributed by atoms with Crippen molar-refractivity contribution < 1.29 is 27.1 Å². The third-order valence-corrected chi connectivity index (χ3v) is 5.53. The van der Waals surface area contributed by atoms with Crippen LogP contribution in [0.4, 0.5) is 8.78 Å². The second-order valence-electron chi connectivity index (χ2n) is 5.09. The van der Waals surface area contributed by atoms with Crippen LogP contribution < -0.4 is 0 Å². The van der Waals surface area contributed by atoms with Crippen LogP contribution in [0.3, 0.4) is 0 Å². The van der Waals surface area contributed by atoms with Gasteiger partial charge in [0, 0.05) is 12.6 Å². The fraction of sp³-hybridized carbons (Fsp3) is 0.462. The van der Waals surface area contributed by atoms with E-state index in [1.807, 2.05) is 0 Å². The smallest absolute Gasteiger partial charge is 0.322 e. The largest absolute Gasteiger partial charge is 0.480 e. The van der Waals surface area contributed by atoms with Crippen LogP contribution in [0.15, 0.2) is 23.1 Å². The standard InChI is InChI=1S/C13H15F2NO4S/c1-8-3-2-6-16(12(8)13(17)18)21(19,20)11-5-4-9(14)7-10(11)15/h4-5,7-8,12H,2-3,6H2,1H3,(H,17,18). The molecule has 1 N–H and O–H groups in total. The van der Waals surface area contributed by atoms with E-state index < -0.39 is 38.6 Å². The molecule has 1 heterocycles. The van der Waals surface area contributed by atoms with Gasteiger partial charge in [0.1, 0.15) is 22.6 Å². The van der Waals surface area contributed by atoms with Crippen molar-refractivity contribution in [2.75, 3.05) is 6.54 Å². The number of carboxylic acid groups (broad SMARTS) is 1. The van der Waals surface area contributed by atoms with Gasteiger partial charge in [-0.3, -0.25) is 4.79 Å². The summed E-state index contributed by atoms with van der Waals surface area (Å²) >= 11 is 0. The van der Waals surface area contributed by atoms with E-state index in [1.165, 1.54) is 0 Å². The molecule has 1 aliphatic rings. The maximum Gasteiger partial charge on any atom is 0.322 e. The van der Waals surface area contributed by atoms with Crippen LogP contribution in [0.1, 0.15) is 19.8 Å². The minimum Gasteiger partial charge on any atom is -0.480 e. The molecule has 2 atom stereocenters. The summed E-state index contributed by atoms with van der Waals surface area (Å²) < 4.78 is 52.4.